The summed E-state index contributed by atoms with van der Waals surface area (Å²) in [5.74, 6) is -0.302. The van der Waals surface area contributed by atoms with Gasteiger partial charge in [-0.15, -0.1) is 0 Å². The van der Waals surface area contributed by atoms with Crippen LogP contribution in [0.5, 0.6) is 0 Å². The molecule has 1 rings (SSSR count). The predicted molar refractivity (Wildman–Crippen MR) is 51.4 cm³/mol. The third kappa shape index (κ3) is 3.26. The Morgan fingerprint density at radius 2 is 2.00 bits per heavy atom. The van der Waals surface area contributed by atoms with Gasteiger partial charge < -0.3 is 9.90 Å². The first-order chi connectivity index (χ1) is 6.53. The van der Waals surface area contributed by atoms with Gasteiger partial charge in [0.2, 0.25) is 0 Å². The molecule has 14 heavy (non-hydrogen) atoms. The second-order valence-corrected chi connectivity index (χ2v) is 3.67. The van der Waals surface area contributed by atoms with Gasteiger partial charge in [0, 0.05) is 12.8 Å². The molecule has 76 valence electrons. The van der Waals surface area contributed by atoms with Crippen LogP contribution in [0, 0.1) is 5.82 Å². The molecule has 1 aromatic rings. The maximum atomic E-state index is 12.5. The first kappa shape index (κ1) is 10.9. The number of hydrogen-bond acceptors (Lipinski definition) is 2. The van der Waals surface area contributed by atoms with Crippen LogP contribution >= 0.6 is 0 Å². The SMILES string of the molecule is CC(O)(CC=O)Cc1ccc(F)cc1. The molecule has 1 atom stereocenters. The Kier molecular flexibility index (Phi) is 3.36. The Balaban J connectivity index is 2.68. The lowest BCUT2D eigenvalue weighted by Crippen LogP contribution is -2.27. The zero-order chi connectivity index (χ0) is 10.6. The fraction of sp³-hybridized carbons (Fsp3) is 0.364. The molecular formula is C11H13FO2. The van der Waals surface area contributed by atoms with E-state index in [1.54, 1.807) is 19.1 Å². The number of carbonyl (C=O) groups is 1. The van der Waals surface area contributed by atoms with Crippen molar-refractivity contribution in [1.29, 1.82) is 0 Å². The molecule has 0 heterocycles. The topological polar surface area (TPSA) is 37.3 Å². The quantitative estimate of drug-likeness (QED) is 0.744. The van der Waals surface area contributed by atoms with Crippen molar-refractivity contribution in [3.63, 3.8) is 0 Å². The lowest BCUT2D eigenvalue weighted by molar-refractivity contribution is -0.111. The van der Waals surface area contributed by atoms with Gasteiger partial charge in [0.1, 0.15) is 12.1 Å². The van der Waals surface area contributed by atoms with Gasteiger partial charge in [-0.3, -0.25) is 0 Å². The molecule has 0 saturated carbocycles. The number of hydrogen-bond donors (Lipinski definition) is 1. The Labute approximate surface area is 82.4 Å². The van der Waals surface area contributed by atoms with Crippen molar-refractivity contribution in [3.8, 4) is 0 Å². The third-order valence-corrected chi connectivity index (χ3v) is 2.02. The van der Waals surface area contributed by atoms with Gasteiger partial charge in [-0.1, -0.05) is 12.1 Å². The smallest absolute Gasteiger partial charge is 0.123 e. The van der Waals surface area contributed by atoms with Crippen molar-refractivity contribution in [2.75, 3.05) is 0 Å². The zero-order valence-electron chi connectivity index (χ0n) is 8.03. The van der Waals surface area contributed by atoms with Crippen molar-refractivity contribution in [3.05, 3.63) is 35.6 Å². The van der Waals surface area contributed by atoms with Gasteiger partial charge in [-0.25, -0.2) is 4.39 Å². The average Bonchev–Trinajstić information content (AvgIpc) is 2.08. The molecule has 1 unspecified atom stereocenters. The summed E-state index contributed by atoms with van der Waals surface area (Å²) in [6.07, 6.45) is 1.12. The van der Waals surface area contributed by atoms with E-state index in [1.807, 2.05) is 0 Å². The molecule has 3 heteroatoms. The lowest BCUT2D eigenvalue weighted by atomic mass is 9.94. The molecule has 0 aliphatic carbocycles. The molecule has 0 bridgehead atoms. The Morgan fingerprint density at radius 3 is 2.50 bits per heavy atom. The normalized spacial score (nSPS) is 14.8. The number of aldehydes is 1. The highest BCUT2D eigenvalue weighted by molar-refractivity contribution is 5.51. The van der Waals surface area contributed by atoms with E-state index in [-0.39, 0.29) is 12.2 Å². The Bertz CT molecular complexity index is 304. The van der Waals surface area contributed by atoms with Crippen LogP contribution in [0.25, 0.3) is 0 Å². The molecule has 0 aliphatic heterocycles. The molecule has 0 saturated heterocycles. The summed E-state index contributed by atoms with van der Waals surface area (Å²) in [5, 5.41) is 9.71. The Hall–Kier alpha value is -1.22. The Morgan fingerprint density at radius 1 is 1.43 bits per heavy atom. The molecule has 0 aromatic heterocycles. The largest absolute Gasteiger partial charge is 0.389 e. The summed E-state index contributed by atoms with van der Waals surface area (Å²) < 4.78 is 12.5. The van der Waals surface area contributed by atoms with E-state index in [1.165, 1.54) is 12.1 Å². The van der Waals surface area contributed by atoms with Crippen LogP contribution in [-0.2, 0) is 11.2 Å². The molecular weight excluding hydrogens is 183 g/mol. The number of benzene rings is 1. The van der Waals surface area contributed by atoms with E-state index in [0.717, 1.165) is 5.56 Å². The molecule has 0 amide bonds. The van der Waals surface area contributed by atoms with Crippen LogP contribution < -0.4 is 0 Å². The van der Waals surface area contributed by atoms with Crippen LogP contribution in [0.2, 0.25) is 0 Å². The average molecular weight is 196 g/mol. The minimum Gasteiger partial charge on any atom is -0.389 e. The third-order valence-electron chi connectivity index (χ3n) is 2.02. The lowest BCUT2D eigenvalue weighted by Gasteiger charge is -2.20. The van der Waals surface area contributed by atoms with E-state index in [0.29, 0.717) is 12.7 Å². The molecule has 0 fully saturated rings. The highest BCUT2D eigenvalue weighted by atomic mass is 19.1. The van der Waals surface area contributed by atoms with E-state index in [4.69, 9.17) is 0 Å². The standard InChI is InChI=1S/C11H13FO2/c1-11(14,6-7-13)8-9-2-4-10(12)5-3-9/h2-5,7,14H,6,8H2,1H3. The van der Waals surface area contributed by atoms with Gasteiger partial charge >= 0.3 is 0 Å². The molecule has 0 radical (unpaired) electrons. The summed E-state index contributed by atoms with van der Waals surface area (Å²) in [5.41, 5.74) is -0.224. The first-order valence-corrected chi connectivity index (χ1v) is 4.44. The number of halogens is 1. The minimum absolute atomic E-state index is 0.0877. The van der Waals surface area contributed by atoms with E-state index < -0.39 is 5.60 Å². The monoisotopic (exact) mass is 196 g/mol. The van der Waals surface area contributed by atoms with Crippen molar-refractivity contribution < 1.29 is 14.3 Å². The second kappa shape index (κ2) is 4.33. The van der Waals surface area contributed by atoms with Crippen LogP contribution in [0.1, 0.15) is 18.9 Å². The van der Waals surface area contributed by atoms with E-state index >= 15 is 0 Å². The second-order valence-electron chi connectivity index (χ2n) is 3.67. The van der Waals surface area contributed by atoms with Crippen LogP contribution in [0.15, 0.2) is 24.3 Å². The summed E-state index contributed by atoms with van der Waals surface area (Å²) in [7, 11) is 0. The molecule has 2 nitrogen and oxygen atoms in total. The predicted octanol–water partition coefficient (Wildman–Crippen LogP) is 1.71. The summed E-state index contributed by atoms with van der Waals surface area (Å²) in [4.78, 5) is 10.2. The fourth-order valence-electron chi connectivity index (χ4n) is 1.29. The number of aliphatic hydroxyl groups is 1. The zero-order valence-corrected chi connectivity index (χ0v) is 8.03. The maximum absolute atomic E-state index is 12.5. The van der Waals surface area contributed by atoms with Gasteiger partial charge in [0.15, 0.2) is 0 Å². The first-order valence-electron chi connectivity index (χ1n) is 4.44. The number of rotatable bonds is 4. The van der Waals surface area contributed by atoms with Gasteiger partial charge in [0.05, 0.1) is 5.60 Å². The summed E-state index contributed by atoms with van der Waals surface area (Å²) in [6, 6.07) is 5.89. The minimum atomic E-state index is -1.04. The fourth-order valence-corrected chi connectivity index (χ4v) is 1.29. The highest BCUT2D eigenvalue weighted by Crippen LogP contribution is 2.15. The van der Waals surface area contributed by atoms with Crippen molar-refractivity contribution >= 4 is 6.29 Å². The van der Waals surface area contributed by atoms with E-state index in [9.17, 15) is 14.3 Å². The van der Waals surface area contributed by atoms with Gasteiger partial charge in [-0.2, -0.15) is 0 Å². The molecule has 1 N–H and O–H groups in total. The molecule has 0 aliphatic rings. The van der Waals surface area contributed by atoms with Crippen molar-refractivity contribution in [2.24, 2.45) is 0 Å². The van der Waals surface area contributed by atoms with Crippen LogP contribution in [0.3, 0.4) is 0 Å². The maximum Gasteiger partial charge on any atom is 0.123 e. The molecule has 1 aromatic carbocycles. The summed E-state index contributed by atoms with van der Waals surface area (Å²) >= 11 is 0. The van der Waals surface area contributed by atoms with Crippen LogP contribution in [-0.4, -0.2) is 17.0 Å². The van der Waals surface area contributed by atoms with Crippen molar-refractivity contribution in [1.82, 2.24) is 0 Å². The summed E-state index contributed by atoms with van der Waals surface area (Å²) in [6.45, 7) is 1.59. The van der Waals surface area contributed by atoms with E-state index in [2.05, 4.69) is 0 Å². The molecule has 0 spiro atoms. The van der Waals surface area contributed by atoms with Gasteiger partial charge in [0.25, 0.3) is 0 Å². The van der Waals surface area contributed by atoms with Crippen molar-refractivity contribution in [2.45, 2.75) is 25.4 Å². The van der Waals surface area contributed by atoms with Gasteiger partial charge in [-0.05, 0) is 24.6 Å². The highest BCUT2D eigenvalue weighted by Gasteiger charge is 2.19. The number of carbonyl (C=O) groups excluding carboxylic acids is 1. The van der Waals surface area contributed by atoms with Crippen LogP contribution in [0.4, 0.5) is 4.39 Å².